The van der Waals surface area contributed by atoms with Gasteiger partial charge >= 0.3 is 0 Å². The fraction of sp³-hybridized carbons (Fsp3) is 0.615. The van der Waals surface area contributed by atoms with Crippen LogP contribution in [0.4, 0.5) is 0 Å². The molecule has 90 valence electrons. The van der Waals surface area contributed by atoms with E-state index in [1.165, 1.54) is 18.4 Å². The van der Waals surface area contributed by atoms with Crippen molar-refractivity contribution in [3.05, 3.63) is 30.1 Å². The molecule has 1 unspecified atom stereocenters. The van der Waals surface area contributed by atoms with Gasteiger partial charge in [0.05, 0.1) is 0 Å². The summed E-state index contributed by atoms with van der Waals surface area (Å²) in [6, 6.07) is 4.65. The Hall–Kier alpha value is -0.930. The Morgan fingerprint density at radius 3 is 2.50 bits per heavy atom. The van der Waals surface area contributed by atoms with Crippen LogP contribution >= 0.6 is 0 Å². The van der Waals surface area contributed by atoms with Crippen LogP contribution in [0.25, 0.3) is 0 Å². The average Bonchev–Trinajstić information content (AvgIpc) is 2.35. The summed E-state index contributed by atoms with van der Waals surface area (Å²) in [5, 5.41) is 0. The van der Waals surface area contributed by atoms with Crippen LogP contribution < -0.4 is 5.73 Å². The molecule has 0 saturated heterocycles. The van der Waals surface area contributed by atoms with Crippen LogP contribution in [-0.4, -0.2) is 29.0 Å². The van der Waals surface area contributed by atoms with Crippen molar-refractivity contribution in [1.29, 1.82) is 0 Å². The number of likely N-dealkylation sites (N-methyl/N-ethyl adjacent to an activating group) is 1. The number of nitrogens with two attached hydrogens (primary N) is 1. The SMILES string of the molecule is CCCC(CN)N(CC)Cc1ccncc1. The Kier molecular flexibility index (Phi) is 6.04. The standard InChI is InChI=1S/C13H23N3/c1-3-5-13(10-14)16(4-2)11-12-6-8-15-9-7-12/h6-9,13H,3-5,10-11,14H2,1-2H3. The maximum Gasteiger partial charge on any atom is 0.0271 e. The predicted molar refractivity (Wildman–Crippen MR) is 68.1 cm³/mol. The molecule has 0 fully saturated rings. The molecule has 0 amide bonds. The number of hydrogen-bond donors (Lipinski definition) is 1. The lowest BCUT2D eigenvalue weighted by Crippen LogP contribution is -2.39. The van der Waals surface area contributed by atoms with Gasteiger partial charge in [0.2, 0.25) is 0 Å². The van der Waals surface area contributed by atoms with E-state index in [0.717, 1.165) is 19.6 Å². The number of nitrogens with zero attached hydrogens (tertiary/aromatic N) is 2. The maximum atomic E-state index is 5.83. The Morgan fingerprint density at radius 1 is 1.31 bits per heavy atom. The largest absolute Gasteiger partial charge is 0.329 e. The van der Waals surface area contributed by atoms with Gasteiger partial charge in [-0.1, -0.05) is 20.3 Å². The van der Waals surface area contributed by atoms with Crippen LogP contribution in [0.2, 0.25) is 0 Å². The molecule has 16 heavy (non-hydrogen) atoms. The summed E-state index contributed by atoms with van der Waals surface area (Å²) in [6.07, 6.45) is 6.06. The molecule has 0 saturated carbocycles. The molecule has 0 radical (unpaired) electrons. The molecule has 0 spiro atoms. The summed E-state index contributed by atoms with van der Waals surface area (Å²) >= 11 is 0. The predicted octanol–water partition coefficient (Wildman–Crippen LogP) is 2.03. The minimum absolute atomic E-state index is 0.503. The van der Waals surface area contributed by atoms with Gasteiger partial charge in [0.25, 0.3) is 0 Å². The van der Waals surface area contributed by atoms with Crippen LogP contribution in [0, 0.1) is 0 Å². The Balaban J connectivity index is 2.60. The third-order valence-corrected chi connectivity index (χ3v) is 2.95. The molecule has 1 aromatic heterocycles. The van der Waals surface area contributed by atoms with Gasteiger partial charge in [0.15, 0.2) is 0 Å². The monoisotopic (exact) mass is 221 g/mol. The van der Waals surface area contributed by atoms with Gasteiger partial charge in [-0.3, -0.25) is 9.88 Å². The minimum atomic E-state index is 0.503. The fourth-order valence-electron chi connectivity index (χ4n) is 2.00. The van der Waals surface area contributed by atoms with Gasteiger partial charge in [-0.25, -0.2) is 0 Å². The highest BCUT2D eigenvalue weighted by atomic mass is 15.2. The first-order valence-corrected chi connectivity index (χ1v) is 6.14. The highest BCUT2D eigenvalue weighted by molar-refractivity contribution is 5.09. The summed E-state index contributed by atoms with van der Waals surface area (Å²) in [7, 11) is 0. The van der Waals surface area contributed by atoms with Crippen molar-refractivity contribution in [3.8, 4) is 0 Å². The molecule has 0 aromatic carbocycles. The van der Waals surface area contributed by atoms with Gasteiger partial charge in [0.1, 0.15) is 0 Å². The zero-order chi connectivity index (χ0) is 11.8. The molecular formula is C13H23N3. The Morgan fingerprint density at radius 2 is 2.00 bits per heavy atom. The molecule has 1 atom stereocenters. The van der Waals surface area contributed by atoms with Crippen molar-refractivity contribution in [1.82, 2.24) is 9.88 Å². The molecule has 3 heteroatoms. The number of hydrogen-bond acceptors (Lipinski definition) is 3. The first kappa shape index (κ1) is 13.1. The first-order valence-electron chi connectivity index (χ1n) is 6.14. The van der Waals surface area contributed by atoms with Crippen molar-refractivity contribution < 1.29 is 0 Å². The highest BCUT2D eigenvalue weighted by Gasteiger charge is 2.14. The van der Waals surface area contributed by atoms with Gasteiger partial charge in [-0.05, 0) is 30.7 Å². The van der Waals surface area contributed by atoms with E-state index in [9.17, 15) is 0 Å². The minimum Gasteiger partial charge on any atom is -0.329 e. The molecule has 0 bridgehead atoms. The van der Waals surface area contributed by atoms with E-state index in [2.05, 4.69) is 35.9 Å². The quantitative estimate of drug-likeness (QED) is 0.766. The molecule has 1 aromatic rings. The van der Waals surface area contributed by atoms with Crippen molar-refractivity contribution in [3.63, 3.8) is 0 Å². The molecule has 1 rings (SSSR count). The molecule has 0 aliphatic carbocycles. The van der Waals surface area contributed by atoms with Crippen molar-refractivity contribution in [2.45, 2.75) is 39.3 Å². The number of rotatable bonds is 7. The second-order valence-corrected chi connectivity index (χ2v) is 4.10. The molecule has 0 aliphatic heterocycles. The Labute approximate surface area is 98.7 Å². The summed E-state index contributed by atoms with van der Waals surface area (Å²) in [6.45, 7) is 7.17. The van der Waals surface area contributed by atoms with Gasteiger partial charge in [-0.2, -0.15) is 0 Å². The van der Waals surface area contributed by atoms with Gasteiger partial charge in [-0.15, -0.1) is 0 Å². The zero-order valence-electron chi connectivity index (χ0n) is 10.4. The van der Waals surface area contributed by atoms with Crippen molar-refractivity contribution >= 4 is 0 Å². The van der Waals surface area contributed by atoms with E-state index in [1.54, 1.807) is 0 Å². The number of aromatic nitrogens is 1. The summed E-state index contributed by atoms with van der Waals surface area (Å²) in [5.74, 6) is 0. The van der Waals surface area contributed by atoms with E-state index < -0.39 is 0 Å². The van der Waals surface area contributed by atoms with Crippen LogP contribution in [-0.2, 0) is 6.54 Å². The normalized spacial score (nSPS) is 13.0. The summed E-state index contributed by atoms with van der Waals surface area (Å²) < 4.78 is 0. The van der Waals surface area contributed by atoms with Crippen LogP contribution in [0.1, 0.15) is 32.3 Å². The van der Waals surface area contributed by atoms with Gasteiger partial charge in [0, 0.05) is 31.5 Å². The molecule has 3 nitrogen and oxygen atoms in total. The average molecular weight is 221 g/mol. The van der Waals surface area contributed by atoms with E-state index >= 15 is 0 Å². The summed E-state index contributed by atoms with van der Waals surface area (Å²) in [4.78, 5) is 6.48. The highest BCUT2D eigenvalue weighted by Crippen LogP contribution is 2.10. The topological polar surface area (TPSA) is 42.1 Å². The Bertz CT molecular complexity index is 274. The lowest BCUT2D eigenvalue weighted by atomic mass is 10.1. The molecule has 1 heterocycles. The third kappa shape index (κ3) is 3.91. The number of pyridine rings is 1. The summed E-state index contributed by atoms with van der Waals surface area (Å²) in [5.41, 5.74) is 7.15. The first-order chi connectivity index (χ1) is 7.81. The van der Waals surface area contributed by atoms with E-state index in [-0.39, 0.29) is 0 Å². The van der Waals surface area contributed by atoms with Crippen LogP contribution in [0.15, 0.2) is 24.5 Å². The van der Waals surface area contributed by atoms with E-state index in [0.29, 0.717) is 6.04 Å². The lowest BCUT2D eigenvalue weighted by Gasteiger charge is -2.29. The molecule has 2 N–H and O–H groups in total. The van der Waals surface area contributed by atoms with Crippen molar-refractivity contribution in [2.75, 3.05) is 13.1 Å². The lowest BCUT2D eigenvalue weighted by molar-refractivity contribution is 0.191. The zero-order valence-corrected chi connectivity index (χ0v) is 10.4. The third-order valence-electron chi connectivity index (χ3n) is 2.95. The van der Waals surface area contributed by atoms with Gasteiger partial charge < -0.3 is 5.73 Å². The molecular weight excluding hydrogens is 198 g/mol. The van der Waals surface area contributed by atoms with Crippen LogP contribution in [0.3, 0.4) is 0 Å². The van der Waals surface area contributed by atoms with E-state index in [1.807, 2.05) is 12.4 Å². The fourth-order valence-corrected chi connectivity index (χ4v) is 2.00. The molecule has 0 aliphatic rings. The van der Waals surface area contributed by atoms with Crippen LogP contribution in [0.5, 0.6) is 0 Å². The van der Waals surface area contributed by atoms with Crippen molar-refractivity contribution in [2.24, 2.45) is 5.73 Å². The smallest absolute Gasteiger partial charge is 0.0271 e. The maximum absolute atomic E-state index is 5.83. The second kappa shape index (κ2) is 7.36. The second-order valence-electron chi connectivity index (χ2n) is 4.10. The van der Waals surface area contributed by atoms with E-state index in [4.69, 9.17) is 5.73 Å².